The zero-order valence-corrected chi connectivity index (χ0v) is 14.6. The number of nitrogens with zero attached hydrogens (tertiary/aromatic N) is 2. The van der Waals surface area contributed by atoms with E-state index in [-0.39, 0.29) is 11.5 Å². The number of carbonyl (C=O) groups excluding carboxylic acids is 1. The van der Waals surface area contributed by atoms with Crippen LogP contribution < -0.4 is 5.32 Å². The first kappa shape index (κ1) is 17.2. The number of rotatable bonds is 4. The zero-order valence-electron chi connectivity index (χ0n) is 14.6. The van der Waals surface area contributed by atoms with Crippen LogP contribution in [0.15, 0.2) is 24.4 Å². The van der Waals surface area contributed by atoms with Gasteiger partial charge >= 0.3 is 5.97 Å². The normalized spacial score (nSPS) is 15.1. The number of carboxylic acid groups (broad SMARTS) is 1. The van der Waals surface area contributed by atoms with E-state index in [1.54, 1.807) is 29.9 Å². The van der Waals surface area contributed by atoms with Crippen LogP contribution >= 0.6 is 0 Å². The lowest BCUT2D eigenvalue weighted by Gasteiger charge is -2.20. The van der Waals surface area contributed by atoms with Gasteiger partial charge in [-0.1, -0.05) is 19.3 Å². The number of hydrogen-bond donors (Lipinski definition) is 2. The molecular formula is C19H23N3O3. The minimum Gasteiger partial charge on any atom is -0.478 e. The number of amides is 1. The van der Waals surface area contributed by atoms with E-state index in [2.05, 4.69) is 10.4 Å². The van der Waals surface area contributed by atoms with E-state index in [0.717, 1.165) is 18.5 Å². The molecule has 1 aliphatic rings. The van der Waals surface area contributed by atoms with E-state index in [4.69, 9.17) is 5.11 Å². The molecule has 0 bridgehead atoms. The van der Waals surface area contributed by atoms with Crippen LogP contribution in [0.3, 0.4) is 0 Å². The Balaban J connectivity index is 1.82. The van der Waals surface area contributed by atoms with Crippen molar-refractivity contribution in [1.29, 1.82) is 0 Å². The van der Waals surface area contributed by atoms with E-state index >= 15 is 0 Å². The zero-order chi connectivity index (χ0) is 18.0. The number of aromatic carboxylic acids is 1. The molecule has 1 aliphatic carbocycles. The molecule has 0 atom stereocenters. The predicted octanol–water partition coefficient (Wildman–Crippen LogP) is 3.73. The number of anilines is 1. The second-order valence-corrected chi connectivity index (χ2v) is 6.73. The van der Waals surface area contributed by atoms with Gasteiger partial charge in [-0.05, 0) is 43.5 Å². The van der Waals surface area contributed by atoms with Crippen LogP contribution in [0.2, 0.25) is 0 Å². The molecule has 6 heteroatoms. The van der Waals surface area contributed by atoms with Gasteiger partial charge in [-0.2, -0.15) is 5.10 Å². The van der Waals surface area contributed by atoms with E-state index in [0.29, 0.717) is 22.7 Å². The van der Waals surface area contributed by atoms with Crippen LogP contribution in [-0.4, -0.2) is 26.8 Å². The van der Waals surface area contributed by atoms with Crippen LogP contribution in [0.4, 0.5) is 5.69 Å². The smallest absolute Gasteiger partial charge is 0.335 e. The summed E-state index contributed by atoms with van der Waals surface area (Å²) >= 11 is 0. The number of hydrogen-bond acceptors (Lipinski definition) is 3. The van der Waals surface area contributed by atoms with Crippen LogP contribution in [0.1, 0.15) is 70.0 Å². The Bertz CT molecular complexity index is 804. The van der Waals surface area contributed by atoms with Crippen molar-refractivity contribution in [3.05, 3.63) is 46.8 Å². The molecule has 1 heterocycles. The largest absolute Gasteiger partial charge is 0.478 e. The molecule has 0 spiro atoms. The van der Waals surface area contributed by atoms with Crippen molar-refractivity contribution in [3.8, 4) is 0 Å². The van der Waals surface area contributed by atoms with Gasteiger partial charge < -0.3 is 10.4 Å². The minimum absolute atomic E-state index is 0.198. The third kappa shape index (κ3) is 3.73. The third-order valence-electron chi connectivity index (χ3n) is 4.81. The van der Waals surface area contributed by atoms with Gasteiger partial charge in [0.05, 0.1) is 16.8 Å². The molecule has 2 N–H and O–H groups in total. The van der Waals surface area contributed by atoms with Crippen molar-refractivity contribution in [2.45, 2.75) is 44.9 Å². The molecule has 0 unspecified atom stereocenters. The highest BCUT2D eigenvalue weighted by Gasteiger charge is 2.25. The van der Waals surface area contributed by atoms with Gasteiger partial charge in [0.25, 0.3) is 5.91 Å². The maximum atomic E-state index is 12.7. The number of carboxylic acids is 1. The Morgan fingerprint density at radius 2 is 1.92 bits per heavy atom. The van der Waals surface area contributed by atoms with E-state index in [1.165, 1.54) is 25.3 Å². The fraction of sp³-hybridized carbons (Fsp3) is 0.421. The lowest BCUT2D eigenvalue weighted by molar-refractivity contribution is 0.0696. The maximum absolute atomic E-state index is 12.7. The second-order valence-electron chi connectivity index (χ2n) is 6.73. The molecule has 25 heavy (non-hydrogen) atoms. The van der Waals surface area contributed by atoms with Crippen molar-refractivity contribution in [2.75, 3.05) is 5.32 Å². The van der Waals surface area contributed by atoms with Gasteiger partial charge in [0, 0.05) is 24.8 Å². The highest BCUT2D eigenvalue weighted by atomic mass is 16.4. The lowest BCUT2D eigenvalue weighted by Crippen LogP contribution is -2.16. The van der Waals surface area contributed by atoms with E-state index in [9.17, 15) is 9.59 Å². The summed E-state index contributed by atoms with van der Waals surface area (Å²) in [4.78, 5) is 23.8. The molecule has 1 fully saturated rings. The van der Waals surface area contributed by atoms with Crippen LogP contribution in [-0.2, 0) is 7.05 Å². The predicted molar refractivity (Wildman–Crippen MR) is 95.1 cm³/mol. The third-order valence-corrected chi connectivity index (χ3v) is 4.81. The van der Waals surface area contributed by atoms with Crippen molar-refractivity contribution in [2.24, 2.45) is 7.05 Å². The quantitative estimate of drug-likeness (QED) is 0.887. The Kier molecular flexibility index (Phi) is 4.88. The van der Waals surface area contributed by atoms with E-state index in [1.807, 2.05) is 7.05 Å². The molecule has 1 amide bonds. The first-order valence-electron chi connectivity index (χ1n) is 8.64. The van der Waals surface area contributed by atoms with Crippen LogP contribution in [0.25, 0.3) is 0 Å². The minimum atomic E-state index is -0.970. The molecule has 0 radical (unpaired) electrons. The Morgan fingerprint density at radius 3 is 2.56 bits per heavy atom. The lowest BCUT2D eigenvalue weighted by atomic mass is 9.85. The van der Waals surface area contributed by atoms with Gasteiger partial charge in [-0.25, -0.2) is 4.79 Å². The average Bonchev–Trinajstić information content (AvgIpc) is 2.97. The SMILES string of the molecule is Cc1cc(NC(=O)c2cn(C)nc2C2CCCCC2)ccc1C(=O)O. The summed E-state index contributed by atoms with van der Waals surface area (Å²) in [6.45, 7) is 1.72. The number of carbonyl (C=O) groups is 2. The van der Waals surface area contributed by atoms with Gasteiger partial charge in [0.1, 0.15) is 0 Å². The van der Waals surface area contributed by atoms with Gasteiger partial charge in [0.2, 0.25) is 0 Å². The highest BCUT2D eigenvalue weighted by molar-refractivity contribution is 6.05. The summed E-state index contributed by atoms with van der Waals surface area (Å²) in [7, 11) is 1.83. The van der Waals surface area contributed by atoms with Crippen molar-refractivity contribution in [3.63, 3.8) is 0 Å². The number of nitrogens with one attached hydrogen (secondary N) is 1. The van der Waals surface area contributed by atoms with Gasteiger partial charge in [-0.3, -0.25) is 9.48 Å². The molecule has 3 rings (SSSR count). The fourth-order valence-corrected chi connectivity index (χ4v) is 3.54. The van der Waals surface area contributed by atoms with Gasteiger partial charge in [0.15, 0.2) is 0 Å². The summed E-state index contributed by atoms with van der Waals surface area (Å²) in [5.74, 6) is -0.829. The molecule has 132 valence electrons. The topological polar surface area (TPSA) is 84.2 Å². The Hall–Kier alpha value is -2.63. The summed E-state index contributed by atoms with van der Waals surface area (Å²) < 4.78 is 1.69. The summed E-state index contributed by atoms with van der Waals surface area (Å²) in [6.07, 6.45) is 7.52. The second kappa shape index (κ2) is 7.09. The summed E-state index contributed by atoms with van der Waals surface area (Å²) in [5, 5.41) is 16.5. The maximum Gasteiger partial charge on any atom is 0.335 e. The van der Waals surface area contributed by atoms with Crippen molar-refractivity contribution in [1.82, 2.24) is 9.78 Å². The summed E-state index contributed by atoms with van der Waals surface area (Å²) in [6, 6.07) is 4.81. The average molecular weight is 341 g/mol. The highest BCUT2D eigenvalue weighted by Crippen LogP contribution is 2.33. The van der Waals surface area contributed by atoms with Crippen LogP contribution in [0.5, 0.6) is 0 Å². The molecule has 1 saturated carbocycles. The van der Waals surface area contributed by atoms with E-state index < -0.39 is 5.97 Å². The monoisotopic (exact) mass is 341 g/mol. The first-order valence-corrected chi connectivity index (χ1v) is 8.64. The molecule has 6 nitrogen and oxygen atoms in total. The fourth-order valence-electron chi connectivity index (χ4n) is 3.54. The van der Waals surface area contributed by atoms with Gasteiger partial charge in [-0.15, -0.1) is 0 Å². The number of benzene rings is 1. The van der Waals surface area contributed by atoms with Crippen molar-refractivity contribution >= 4 is 17.6 Å². The Morgan fingerprint density at radius 1 is 1.20 bits per heavy atom. The van der Waals surface area contributed by atoms with Crippen LogP contribution in [0, 0.1) is 6.92 Å². The molecule has 1 aromatic carbocycles. The summed E-state index contributed by atoms with van der Waals surface area (Å²) in [5.41, 5.74) is 2.92. The molecular weight excluding hydrogens is 318 g/mol. The first-order chi connectivity index (χ1) is 12.0. The Labute approximate surface area is 146 Å². The standard InChI is InChI=1S/C19H23N3O3/c1-12-10-14(8-9-15(12)19(24)25)20-18(23)16-11-22(2)21-17(16)13-6-4-3-5-7-13/h8-11,13H,3-7H2,1-2H3,(H,20,23)(H,24,25). The molecule has 2 aromatic rings. The number of aryl methyl sites for hydroxylation is 2. The molecule has 0 saturated heterocycles. The van der Waals surface area contributed by atoms with Crippen molar-refractivity contribution < 1.29 is 14.7 Å². The molecule has 0 aliphatic heterocycles. The number of aromatic nitrogens is 2. The molecule has 1 aromatic heterocycles.